The molecule has 2 aliphatic rings. The number of fused-ring (bicyclic) bond motifs is 2. The number of alkyl halides is 3. The average molecular weight is 366 g/mol. The van der Waals surface area contributed by atoms with Crippen LogP contribution in [0.5, 0.6) is 0 Å². The third-order valence-corrected chi connectivity index (χ3v) is 5.13. The smallest absolute Gasteiger partial charge is 0.334 e. The lowest BCUT2D eigenvalue weighted by molar-refractivity contribution is -0.177. The Labute approximate surface area is 147 Å². The van der Waals surface area contributed by atoms with Crippen molar-refractivity contribution in [2.45, 2.75) is 38.5 Å². The first kappa shape index (κ1) is 16.9. The molecule has 1 aliphatic heterocycles. The fourth-order valence-corrected chi connectivity index (χ4v) is 3.73. The van der Waals surface area contributed by atoms with Crippen LogP contribution in [0.4, 0.5) is 19.1 Å². The molecule has 1 aromatic carbocycles. The molecule has 26 heavy (non-hydrogen) atoms. The Balaban J connectivity index is 1.58. The molecule has 1 atom stereocenters. The highest BCUT2D eigenvalue weighted by Gasteiger charge is 2.42. The van der Waals surface area contributed by atoms with Crippen molar-refractivity contribution in [1.82, 2.24) is 15.4 Å². The Kier molecular flexibility index (Phi) is 3.91. The molecule has 0 saturated carbocycles. The van der Waals surface area contributed by atoms with Crippen LogP contribution in [-0.4, -0.2) is 27.3 Å². The minimum absolute atomic E-state index is 0.0686. The zero-order valence-corrected chi connectivity index (χ0v) is 13.7. The number of nitrogens with zero attached hydrogens (tertiary/aromatic N) is 2. The van der Waals surface area contributed by atoms with Gasteiger partial charge in [0, 0.05) is 30.8 Å². The van der Waals surface area contributed by atoms with Crippen LogP contribution in [0.3, 0.4) is 0 Å². The number of nitrogens with one attached hydrogen (secondary N) is 2. The Morgan fingerprint density at radius 2 is 2.15 bits per heavy atom. The summed E-state index contributed by atoms with van der Waals surface area (Å²) in [4.78, 5) is 21.2. The van der Waals surface area contributed by atoms with Gasteiger partial charge in [-0.2, -0.15) is 13.2 Å². The van der Waals surface area contributed by atoms with E-state index < -0.39 is 18.0 Å². The number of carbonyl (C=O) groups excluding carboxylic acids is 1. The predicted molar refractivity (Wildman–Crippen MR) is 85.7 cm³/mol. The van der Waals surface area contributed by atoms with Gasteiger partial charge in [-0.3, -0.25) is 10.0 Å². The number of hydrogen-bond acceptors (Lipinski definition) is 4. The van der Waals surface area contributed by atoms with Gasteiger partial charge in [0.2, 0.25) is 5.95 Å². The molecule has 2 heterocycles. The number of carbonyl (C=O) groups is 1. The Bertz CT molecular complexity index is 862. The van der Waals surface area contributed by atoms with Crippen LogP contribution in [0.2, 0.25) is 0 Å². The molecule has 0 bridgehead atoms. The zero-order chi connectivity index (χ0) is 18.5. The van der Waals surface area contributed by atoms with Gasteiger partial charge in [-0.15, -0.1) is 0 Å². The molecule has 0 saturated heterocycles. The summed E-state index contributed by atoms with van der Waals surface area (Å²) in [7, 11) is 0. The molecule has 138 valence electrons. The third kappa shape index (κ3) is 2.82. The Hall–Kier alpha value is -2.55. The summed E-state index contributed by atoms with van der Waals surface area (Å²) in [5.41, 5.74) is 4.94. The lowest BCUT2D eigenvalue weighted by Gasteiger charge is -2.23. The summed E-state index contributed by atoms with van der Waals surface area (Å²) in [6, 6.07) is 5.23. The summed E-state index contributed by atoms with van der Waals surface area (Å²) in [5.74, 6) is -1.42. The summed E-state index contributed by atoms with van der Waals surface area (Å²) in [6.45, 7) is 0.894. The third-order valence-electron chi connectivity index (χ3n) is 5.13. The molecular formula is C17H17F3N4O2. The van der Waals surface area contributed by atoms with Crippen LogP contribution < -0.4 is 10.4 Å². The van der Waals surface area contributed by atoms with Crippen molar-refractivity contribution >= 4 is 11.9 Å². The number of aromatic amines is 1. The quantitative estimate of drug-likeness (QED) is 0.564. The van der Waals surface area contributed by atoms with Crippen LogP contribution in [-0.2, 0) is 25.9 Å². The standard InChI is InChI=1S/C17H17F3N4O2/c18-17(19,20)10-4-5-13-14(6-10)22-16(21-13)24-7-9-2-1-3-11(12(9)8-24)15(25)23-26/h1-3,10,26H,4-8H2,(H,21,22)(H,23,25)/t10-/m1/s1. The topological polar surface area (TPSA) is 81.2 Å². The molecule has 4 rings (SSSR count). The molecule has 3 N–H and O–H groups in total. The van der Waals surface area contributed by atoms with Crippen molar-refractivity contribution in [3.05, 3.63) is 46.3 Å². The van der Waals surface area contributed by atoms with E-state index in [1.54, 1.807) is 17.6 Å². The van der Waals surface area contributed by atoms with Crippen molar-refractivity contribution in [3.8, 4) is 0 Å². The molecule has 1 aliphatic carbocycles. The molecule has 2 aromatic rings. The van der Waals surface area contributed by atoms with E-state index in [0.717, 1.165) is 16.8 Å². The molecule has 1 amide bonds. The minimum Gasteiger partial charge on any atom is -0.334 e. The van der Waals surface area contributed by atoms with Gasteiger partial charge in [0.15, 0.2) is 0 Å². The zero-order valence-electron chi connectivity index (χ0n) is 13.7. The van der Waals surface area contributed by atoms with Gasteiger partial charge in [-0.05, 0) is 30.0 Å². The summed E-state index contributed by atoms with van der Waals surface area (Å²) in [5, 5.41) is 8.88. The largest absolute Gasteiger partial charge is 0.392 e. The van der Waals surface area contributed by atoms with Gasteiger partial charge in [-0.25, -0.2) is 10.5 Å². The second-order valence-corrected chi connectivity index (χ2v) is 6.71. The average Bonchev–Trinajstić information content (AvgIpc) is 3.22. The van der Waals surface area contributed by atoms with E-state index in [1.807, 2.05) is 11.0 Å². The fraction of sp³-hybridized carbons (Fsp3) is 0.412. The molecule has 0 spiro atoms. The van der Waals surface area contributed by atoms with Gasteiger partial charge in [0.1, 0.15) is 0 Å². The van der Waals surface area contributed by atoms with Crippen LogP contribution in [0, 0.1) is 5.92 Å². The number of rotatable bonds is 2. The van der Waals surface area contributed by atoms with Crippen molar-refractivity contribution in [2.24, 2.45) is 5.92 Å². The summed E-state index contributed by atoms with van der Waals surface area (Å²) < 4.78 is 38.9. The second kappa shape index (κ2) is 6.01. The Morgan fingerprint density at radius 1 is 1.35 bits per heavy atom. The molecule has 0 fully saturated rings. The van der Waals surface area contributed by atoms with Gasteiger partial charge < -0.3 is 9.88 Å². The van der Waals surface area contributed by atoms with E-state index in [0.29, 0.717) is 36.7 Å². The Morgan fingerprint density at radius 3 is 2.88 bits per heavy atom. The van der Waals surface area contributed by atoms with Crippen LogP contribution in [0.1, 0.15) is 39.3 Å². The van der Waals surface area contributed by atoms with E-state index in [9.17, 15) is 18.0 Å². The van der Waals surface area contributed by atoms with Gasteiger partial charge in [0.05, 0.1) is 11.6 Å². The maximum atomic E-state index is 13.0. The molecule has 0 unspecified atom stereocenters. The maximum absolute atomic E-state index is 13.0. The van der Waals surface area contributed by atoms with Gasteiger partial charge in [-0.1, -0.05) is 12.1 Å². The lowest BCUT2D eigenvalue weighted by Crippen LogP contribution is -2.28. The van der Waals surface area contributed by atoms with E-state index >= 15 is 0 Å². The van der Waals surface area contributed by atoms with E-state index in [2.05, 4.69) is 9.97 Å². The number of aromatic nitrogens is 2. The van der Waals surface area contributed by atoms with Crippen LogP contribution >= 0.6 is 0 Å². The lowest BCUT2D eigenvalue weighted by atomic mass is 9.89. The number of amides is 1. The van der Waals surface area contributed by atoms with E-state index in [-0.39, 0.29) is 12.8 Å². The van der Waals surface area contributed by atoms with Gasteiger partial charge >= 0.3 is 6.18 Å². The molecule has 6 nitrogen and oxygen atoms in total. The number of H-pyrrole nitrogens is 1. The molecular weight excluding hydrogens is 349 g/mol. The van der Waals surface area contributed by atoms with E-state index in [4.69, 9.17) is 5.21 Å². The highest BCUT2D eigenvalue weighted by Crippen LogP contribution is 2.38. The number of hydrogen-bond donors (Lipinski definition) is 3. The number of aryl methyl sites for hydroxylation is 1. The van der Waals surface area contributed by atoms with Crippen molar-refractivity contribution in [3.63, 3.8) is 0 Å². The normalized spacial score (nSPS) is 19.2. The number of imidazole rings is 1. The van der Waals surface area contributed by atoms with E-state index in [1.165, 1.54) is 0 Å². The van der Waals surface area contributed by atoms with Gasteiger partial charge in [0.25, 0.3) is 5.91 Å². The maximum Gasteiger partial charge on any atom is 0.392 e. The van der Waals surface area contributed by atoms with Crippen molar-refractivity contribution in [1.29, 1.82) is 0 Å². The number of anilines is 1. The van der Waals surface area contributed by atoms with Crippen molar-refractivity contribution in [2.75, 3.05) is 4.90 Å². The SMILES string of the molecule is O=C(NO)c1cccc2c1CN(c1nc3c([nH]1)CC[C@@H](C(F)(F)F)C3)C2. The molecule has 9 heteroatoms. The first-order valence-electron chi connectivity index (χ1n) is 8.31. The first-order chi connectivity index (χ1) is 12.4. The number of hydroxylamine groups is 1. The predicted octanol–water partition coefficient (Wildman–Crippen LogP) is 2.72. The highest BCUT2D eigenvalue weighted by atomic mass is 19.4. The van der Waals surface area contributed by atoms with Crippen LogP contribution in [0.15, 0.2) is 18.2 Å². The molecule has 0 radical (unpaired) electrons. The number of halogens is 3. The number of benzene rings is 1. The monoisotopic (exact) mass is 366 g/mol. The minimum atomic E-state index is -4.20. The van der Waals surface area contributed by atoms with Crippen LogP contribution in [0.25, 0.3) is 0 Å². The summed E-state index contributed by atoms with van der Waals surface area (Å²) in [6.07, 6.45) is -3.91. The first-order valence-corrected chi connectivity index (χ1v) is 8.31. The highest BCUT2D eigenvalue weighted by molar-refractivity contribution is 5.95. The summed E-state index contributed by atoms with van der Waals surface area (Å²) >= 11 is 0. The molecule has 1 aromatic heterocycles. The van der Waals surface area contributed by atoms with Crippen molar-refractivity contribution < 1.29 is 23.2 Å². The fourth-order valence-electron chi connectivity index (χ4n) is 3.73. The second-order valence-electron chi connectivity index (χ2n) is 6.71.